The van der Waals surface area contributed by atoms with Crippen molar-refractivity contribution in [3.05, 3.63) is 0 Å². The Balaban J connectivity index is 0.000000320. The van der Waals surface area contributed by atoms with Crippen molar-refractivity contribution in [1.29, 1.82) is 0 Å². The van der Waals surface area contributed by atoms with Crippen LogP contribution in [-0.4, -0.2) is 25.2 Å². The molecule has 48 valence electrons. The van der Waals surface area contributed by atoms with Crippen molar-refractivity contribution in [2.75, 3.05) is 13.1 Å². The maximum absolute atomic E-state index is 3.42. The van der Waals surface area contributed by atoms with Crippen LogP contribution < -0.4 is 10.6 Å². The lowest BCUT2D eigenvalue weighted by Gasteiger charge is -2.42. The van der Waals surface area contributed by atoms with E-state index < -0.39 is 0 Å². The molecule has 3 aliphatic heterocycles. The number of hydrogen-bond acceptors (Lipinski definition) is 2. The number of nitrogens with one attached hydrogen (secondary N) is 2. The van der Waals surface area contributed by atoms with Crippen LogP contribution >= 0.6 is 0 Å². The summed E-state index contributed by atoms with van der Waals surface area (Å²) in [7, 11) is 0. The summed E-state index contributed by atoms with van der Waals surface area (Å²) in [6, 6.07) is 1.64. The molecular formula is C6H14N2. The first kappa shape index (κ1) is 6.05. The lowest BCUT2D eigenvalue weighted by Crippen LogP contribution is -2.65. The zero-order valence-corrected chi connectivity index (χ0v) is 4.28. The average molecular weight is 114 g/mol. The highest BCUT2D eigenvalue weighted by Gasteiger charge is 2.31. The molecule has 0 aliphatic carbocycles. The number of piperazine rings is 1. The van der Waals surface area contributed by atoms with Crippen LogP contribution in [0.25, 0.3) is 0 Å². The van der Waals surface area contributed by atoms with E-state index in [1.54, 1.807) is 0 Å². The van der Waals surface area contributed by atoms with Gasteiger partial charge in [0.05, 0.1) is 0 Å². The van der Waals surface area contributed by atoms with E-state index in [-0.39, 0.29) is 7.43 Å². The van der Waals surface area contributed by atoms with Crippen LogP contribution in [-0.2, 0) is 0 Å². The standard InChI is InChI=1S/C5H10N2.CH4/c1-4-2-6-3-5(1)7-4;/h4-7H,1-3H2;1H4. The fourth-order valence-corrected chi connectivity index (χ4v) is 1.37. The van der Waals surface area contributed by atoms with Crippen molar-refractivity contribution >= 4 is 0 Å². The van der Waals surface area contributed by atoms with Gasteiger partial charge in [-0.15, -0.1) is 0 Å². The van der Waals surface area contributed by atoms with Crippen LogP contribution in [0.15, 0.2) is 0 Å². The number of hydrogen-bond donors (Lipinski definition) is 2. The van der Waals surface area contributed by atoms with Gasteiger partial charge < -0.3 is 10.6 Å². The minimum absolute atomic E-state index is 0. The molecule has 0 radical (unpaired) electrons. The minimum atomic E-state index is 0. The SMILES string of the molecule is C.C1NCC2CC1N2. The molecule has 8 heavy (non-hydrogen) atoms. The van der Waals surface area contributed by atoms with Crippen molar-refractivity contribution in [2.24, 2.45) is 0 Å². The Hall–Kier alpha value is -0.0800. The van der Waals surface area contributed by atoms with Gasteiger partial charge in [0, 0.05) is 25.2 Å². The fourth-order valence-electron chi connectivity index (χ4n) is 1.37. The molecule has 0 aromatic carbocycles. The molecule has 0 spiro atoms. The summed E-state index contributed by atoms with van der Waals surface area (Å²) in [6.45, 7) is 2.38. The summed E-state index contributed by atoms with van der Waals surface area (Å²) in [5.74, 6) is 0. The second-order valence-electron chi connectivity index (χ2n) is 2.45. The third-order valence-electron chi connectivity index (χ3n) is 1.82. The third kappa shape index (κ3) is 0.740. The Kier molecular flexibility index (Phi) is 1.54. The second kappa shape index (κ2) is 2.03. The van der Waals surface area contributed by atoms with Crippen LogP contribution in [0, 0.1) is 0 Å². The molecule has 2 nitrogen and oxygen atoms in total. The summed E-state index contributed by atoms with van der Waals surface area (Å²) in [4.78, 5) is 0. The molecule has 2 bridgehead atoms. The maximum Gasteiger partial charge on any atom is 0.0210 e. The molecule has 2 heteroatoms. The maximum atomic E-state index is 3.42. The molecule has 0 aromatic rings. The first-order valence-electron chi connectivity index (χ1n) is 2.92. The quantitative estimate of drug-likeness (QED) is 0.461. The van der Waals surface area contributed by atoms with Gasteiger partial charge in [-0.2, -0.15) is 0 Å². The Bertz CT molecular complexity index is 63.1. The second-order valence-corrected chi connectivity index (χ2v) is 2.45. The Morgan fingerprint density at radius 2 is 1.62 bits per heavy atom. The minimum Gasteiger partial charge on any atom is -0.314 e. The number of piperidine rings is 1. The molecule has 2 unspecified atom stereocenters. The molecule has 3 heterocycles. The van der Waals surface area contributed by atoms with E-state index in [1.165, 1.54) is 19.5 Å². The first-order chi connectivity index (χ1) is 3.45. The molecule has 3 fully saturated rings. The summed E-state index contributed by atoms with van der Waals surface area (Å²) < 4.78 is 0. The van der Waals surface area contributed by atoms with Crippen molar-refractivity contribution in [3.8, 4) is 0 Å². The molecule has 3 saturated heterocycles. The van der Waals surface area contributed by atoms with Crippen molar-refractivity contribution in [3.63, 3.8) is 0 Å². The summed E-state index contributed by atoms with van der Waals surface area (Å²) >= 11 is 0. The van der Waals surface area contributed by atoms with Crippen LogP contribution in [0.3, 0.4) is 0 Å². The largest absolute Gasteiger partial charge is 0.314 e. The van der Waals surface area contributed by atoms with Crippen LogP contribution in [0.5, 0.6) is 0 Å². The van der Waals surface area contributed by atoms with E-state index in [0.717, 1.165) is 12.1 Å². The van der Waals surface area contributed by atoms with Crippen molar-refractivity contribution < 1.29 is 0 Å². The van der Waals surface area contributed by atoms with E-state index in [4.69, 9.17) is 0 Å². The molecule has 2 atom stereocenters. The van der Waals surface area contributed by atoms with E-state index in [0.29, 0.717) is 0 Å². The summed E-state index contributed by atoms with van der Waals surface area (Å²) in [6.07, 6.45) is 1.41. The van der Waals surface area contributed by atoms with Gasteiger partial charge in [-0.1, -0.05) is 7.43 Å². The van der Waals surface area contributed by atoms with Crippen LogP contribution in [0.4, 0.5) is 0 Å². The Labute approximate surface area is 50.7 Å². The molecule has 0 aromatic heterocycles. The predicted molar refractivity (Wildman–Crippen MR) is 34.9 cm³/mol. The average Bonchev–Trinajstić information content (AvgIpc) is 1.67. The first-order valence-corrected chi connectivity index (χ1v) is 2.92. The van der Waals surface area contributed by atoms with Gasteiger partial charge in [-0.05, 0) is 6.42 Å². The smallest absolute Gasteiger partial charge is 0.0210 e. The predicted octanol–water partition coefficient (Wildman–Crippen LogP) is -0.0438. The number of fused-ring (bicyclic) bond motifs is 2. The third-order valence-corrected chi connectivity index (χ3v) is 1.82. The van der Waals surface area contributed by atoms with Gasteiger partial charge >= 0.3 is 0 Å². The Morgan fingerprint density at radius 3 is 1.75 bits per heavy atom. The zero-order chi connectivity index (χ0) is 4.69. The van der Waals surface area contributed by atoms with Gasteiger partial charge in [0.15, 0.2) is 0 Å². The van der Waals surface area contributed by atoms with Crippen LogP contribution in [0.1, 0.15) is 13.8 Å². The van der Waals surface area contributed by atoms with E-state index in [2.05, 4.69) is 10.6 Å². The van der Waals surface area contributed by atoms with Gasteiger partial charge in [0.25, 0.3) is 0 Å². The monoisotopic (exact) mass is 114 g/mol. The lowest BCUT2D eigenvalue weighted by atomic mass is 9.93. The highest BCUT2D eigenvalue weighted by molar-refractivity contribution is 4.95. The van der Waals surface area contributed by atoms with Crippen molar-refractivity contribution in [2.45, 2.75) is 25.9 Å². The van der Waals surface area contributed by atoms with Gasteiger partial charge in [-0.25, -0.2) is 0 Å². The lowest BCUT2D eigenvalue weighted by molar-refractivity contribution is 0.201. The van der Waals surface area contributed by atoms with E-state index >= 15 is 0 Å². The highest BCUT2D eigenvalue weighted by Crippen LogP contribution is 2.13. The summed E-state index contributed by atoms with van der Waals surface area (Å²) in [5, 5.41) is 6.74. The van der Waals surface area contributed by atoms with Crippen molar-refractivity contribution in [1.82, 2.24) is 10.6 Å². The van der Waals surface area contributed by atoms with Gasteiger partial charge in [-0.3, -0.25) is 0 Å². The molecule has 3 aliphatic rings. The molecule has 3 rings (SSSR count). The van der Waals surface area contributed by atoms with Crippen LogP contribution in [0.2, 0.25) is 0 Å². The topological polar surface area (TPSA) is 24.1 Å². The highest BCUT2D eigenvalue weighted by atomic mass is 15.1. The molecular weight excluding hydrogens is 100 g/mol. The molecule has 2 N–H and O–H groups in total. The fraction of sp³-hybridized carbons (Fsp3) is 1.00. The van der Waals surface area contributed by atoms with E-state index in [1.807, 2.05) is 0 Å². The van der Waals surface area contributed by atoms with E-state index in [9.17, 15) is 0 Å². The molecule has 0 amide bonds. The van der Waals surface area contributed by atoms with Gasteiger partial charge in [0.1, 0.15) is 0 Å². The zero-order valence-electron chi connectivity index (χ0n) is 4.28. The normalized spacial score (nSPS) is 42.0. The number of rotatable bonds is 0. The van der Waals surface area contributed by atoms with Gasteiger partial charge in [0.2, 0.25) is 0 Å². The Morgan fingerprint density at radius 1 is 1.12 bits per heavy atom. The molecule has 0 saturated carbocycles. The summed E-state index contributed by atoms with van der Waals surface area (Å²) in [5.41, 5.74) is 0.